The van der Waals surface area contributed by atoms with E-state index in [2.05, 4.69) is 4.90 Å². The van der Waals surface area contributed by atoms with Crippen molar-refractivity contribution in [1.29, 1.82) is 0 Å². The van der Waals surface area contributed by atoms with E-state index in [9.17, 15) is 0 Å². The molecule has 0 radical (unpaired) electrons. The molecule has 0 amide bonds. The fourth-order valence-electron chi connectivity index (χ4n) is 2.44. The van der Waals surface area contributed by atoms with Crippen LogP contribution in [0.1, 0.15) is 25.0 Å². The average Bonchev–Trinajstić information content (AvgIpc) is 2.82. The normalized spacial score (nSPS) is 19.8. The zero-order valence-corrected chi connectivity index (χ0v) is 9.90. The Bertz CT molecular complexity index is 278. The molecule has 1 fully saturated rings. The minimum absolute atomic E-state index is 0.532. The lowest BCUT2D eigenvalue weighted by Gasteiger charge is -2.29. The Morgan fingerprint density at radius 2 is 2.12 bits per heavy atom. The van der Waals surface area contributed by atoms with Crippen molar-refractivity contribution in [3.8, 4) is 0 Å². The SMILES string of the molecule is NCC(Cc1ccco1)CN1CCCCC1. The van der Waals surface area contributed by atoms with Crippen molar-refractivity contribution in [2.45, 2.75) is 25.7 Å². The van der Waals surface area contributed by atoms with Crippen LogP contribution in [0.2, 0.25) is 0 Å². The highest BCUT2D eigenvalue weighted by Gasteiger charge is 2.16. The molecule has 1 aliphatic rings. The van der Waals surface area contributed by atoms with Crippen LogP contribution in [0.15, 0.2) is 22.8 Å². The molecule has 0 bridgehead atoms. The van der Waals surface area contributed by atoms with Crippen LogP contribution < -0.4 is 5.73 Å². The van der Waals surface area contributed by atoms with Crippen molar-refractivity contribution in [1.82, 2.24) is 4.90 Å². The molecule has 2 rings (SSSR count). The number of nitrogens with two attached hydrogens (primary N) is 1. The van der Waals surface area contributed by atoms with E-state index in [0.29, 0.717) is 5.92 Å². The summed E-state index contributed by atoms with van der Waals surface area (Å²) in [5, 5.41) is 0. The van der Waals surface area contributed by atoms with Gasteiger partial charge < -0.3 is 15.1 Å². The van der Waals surface area contributed by atoms with Gasteiger partial charge >= 0.3 is 0 Å². The van der Waals surface area contributed by atoms with Crippen molar-refractivity contribution in [2.24, 2.45) is 11.7 Å². The second-order valence-corrected chi connectivity index (χ2v) is 4.75. The van der Waals surface area contributed by atoms with Crippen LogP contribution in [-0.4, -0.2) is 31.1 Å². The molecule has 16 heavy (non-hydrogen) atoms. The standard InChI is InChI=1S/C13H22N2O/c14-10-12(9-13-5-4-8-16-13)11-15-6-2-1-3-7-15/h4-5,8,12H,1-3,6-7,9-11,14H2. The van der Waals surface area contributed by atoms with Crippen LogP contribution in [0, 0.1) is 5.92 Å². The molecule has 2 heterocycles. The molecule has 1 unspecified atom stereocenters. The van der Waals surface area contributed by atoms with Crippen molar-refractivity contribution in [2.75, 3.05) is 26.2 Å². The lowest BCUT2D eigenvalue weighted by molar-refractivity contribution is 0.193. The zero-order chi connectivity index (χ0) is 11.2. The second-order valence-electron chi connectivity index (χ2n) is 4.75. The van der Waals surface area contributed by atoms with Crippen LogP contribution in [0.4, 0.5) is 0 Å². The smallest absolute Gasteiger partial charge is 0.104 e. The van der Waals surface area contributed by atoms with E-state index in [-0.39, 0.29) is 0 Å². The predicted molar refractivity (Wildman–Crippen MR) is 65.2 cm³/mol. The van der Waals surface area contributed by atoms with Gasteiger partial charge in [0, 0.05) is 13.0 Å². The quantitative estimate of drug-likeness (QED) is 0.827. The molecule has 0 aliphatic carbocycles. The number of hydrogen-bond donors (Lipinski definition) is 1. The average molecular weight is 222 g/mol. The van der Waals surface area contributed by atoms with Crippen LogP contribution in [0.25, 0.3) is 0 Å². The third-order valence-electron chi connectivity index (χ3n) is 3.37. The third kappa shape index (κ3) is 3.35. The van der Waals surface area contributed by atoms with E-state index in [1.54, 1.807) is 6.26 Å². The van der Waals surface area contributed by atoms with Gasteiger partial charge in [-0.3, -0.25) is 0 Å². The van der Waals surface area contributed by atoms with Gasteiger partial charge in [-0.15, -0.1) is 0 Å². The fraction of sp³-hybridized carbons (Fsp3) is 0.692. The monoisotopic (exact) mass is 222 g/mol. The first kappa shape index (κ1) is 11.7. The zero-order valence-electron chi connectivity index (χ0n) is 9.90. The topological polar surface area (TPSA) is 42.4 Å². The van der Waals surface area contributed by atoms with Gasteiger partial charge in [0.1, 0.15) is 5.76 Å². The minimum Gasteiger partial charge on any atom is -0.469 e. The molecule has 1 aromatic rings. The van der Waals surface area contributed by atoms with Gasteiger partial charge in [-0.25, -0.2) is 0 Å². The predicted octanol–water partition coefficient (Wildman–Crippen LogP) is 1.88. The van der Waals surface area contributed by atoms with Gasteiger partial charge in [-0.2, -0.15) is 0 Å². The molecule has 2 N–H and O–H groups in total. The third-order valence-corrected chi connectivity index (χ3v) is 3.37. The molecule has 0 saturated carbocycles. The molecule has 3 heteroatoms. The maximum absolute atomic E-state index is 5.84. The molecule has 1 aliphatic heterocycles. The Labute approximate surface area is 97.6 Å². The second kappa shape index (κ2) is 6.06. The lowest BCUT2D eigenvalue weighted by Crippen LogP contribution is -2.37. The van der Waals surface area contributed by atoms with Gasteiger partial charge in [-0.1, -0.05) is 6.42 Å². The maximum atomic E-state index is 5.84. The van der Waals surface area contributed by atoms with Crippen molar-refractivity contribution in [3.63, 3.8) is 0 Å². The summed E-state index contributed by atoms with van der Waals surface area (Å²) >= 11 is 0. The first-order valence-electron chi connectivity index (χ1n) is 6.33. The molecular weight excluding hydrogens is 200 g/mol. The first-order chi connectivity index (χ1) is 7.88. The van der Waals surface area contributed by atoms with E-state index < -0.39 is 0 Å². The Balaban J connectivity index is 1.80. The van der Waals surface area contributed by atoms with Crippen molar-refractivity contribution >= 4 is 0 Å². The van der Waals surface area contributed by atoms with Crippen LogP contribution in [-0.2, 0) is 6.42 Å². The summed E-state index contributed by atoms with van der Waals surface area (Å²) < 4.78 is 5.38. The van der Waals surface area contributed by atoms with E-state index in [1.807, 2.05) is 12.1 Å². The summed E-state index contributed by atoms with van der Waals surface area (Å²) in [6.07, 6.45) is 6.79. The molecule has 1 saturated heterocycles. The van der Waals surface area contributed by atoms with Crippen LogP contribution in [0.5, 0.6) is 0 Å². The minimum atomic E-state index is 0.532. The number of hydrogen-bond acceptors (Lipinski definition) is 3. The number of nitrogens with zero attached hydrogens (tertiary/aromatic N) is 1. The summed E-state index contributed by atoms with van der Waals surface area (Å²) in [6, 6.07) is 3.99. The van der Waals surface area contributed by atoms with Gasteiger partial charge in [0.25, 0.3) is 0 Å². The van der Waals surface area contributed by atoms with Gasteiger partial charge in [-0.05, 0) is 50.5 Å². The molecule has 1 aromatic heterocycles. The molecular formula is C13H22N2O. The van der Waals surface area contributed by atoms with E-state index >= 15 is 0 Å². The Kier molecular flexibility index (Phi) is 4.43. The highest BCUT2D eigenvalue weighted by molar-refractivity contribution is 4.99. The molecule has 3 nitrogen and oxygen atoms in total. The Morgan fingerprint density at radius 1 is 1.31 bits per heavy atom. The first-order valence-corrected chi connectivity index (χ1v) is 6.33. The summed E-state index contributed by atoms with van der Waals surface area (Å²) in [7, 11) is 0. The summed E-state index contributed by atoms with van der Waals surface area (Å²) in [5.74, 6) is 1.59. The maximum Gasteiger partial charge on any atom is 0.104 e. The molecule has 0 spiro atoms. The van der Waals surface area contributed by atoms with Crippen molar-refractivity contribution in [3.05, 3.63) is 24.2 Å². The number of likely N-dealkylation sites (tertiary alicyclic amines) is 1. The Morgan fingerprint density at radius 3 is 2.75 bits per heavy atom. The van der Waals surface area contributed by atoms with Gasteiger partial charge in [0.05, 0.1) is 6.26 Å². The molecule has 1 atom stereocenters. The number of rotatable bonds is 5. The fourth-order valence-corrected chi connectivity index (χ4v) is 2.44. The number of piperidine rings is 1. The van der Waals surface area contributed by atoms with E-state index in [4.69, 9.17) is 10.2 Å². The van der Waals surface area contributed by atoms with Gasteiger partial charge in [0.15, 0.2) is 0 Å². The number of furan rings is 1. The van der Waals surface area contributed by atoms with Crippen LogP contribution >= 0.6 is 0 Å². The lowest BCUT2D eigenvalue weighted by atomic mass is 10.0. The summed E-state index contributed by atoms with van der Waals surface area (Å²) in [4.78, 5) is 2.55. The molecule has 0 aromatic carbocycles. The van der Waals surface area contributed by atoms with E-state index in [1.165, 1.54) is 32.4 Å². The summed E-state index contributed by atoms with van der Waals surface area (Å²) in [5.41, 5.74) is 5.84. The highest BCUT2D eigenvalue weighted by atomic mass is 16.3. The van der Waals surface area contributed by atoms with Crippen molar-refractivity contribution < 1.29 is 4.42 Å². The Hall–Kier alpha value is -0.800. The van der Waals surface area contributed by atoms with Gasteiger partial charge in [0.2, 0.25) is 0 Å². The summed E-state index contributed by atoms with van der Waals surface area (Å²) in [6.45, 7) is 4.36. The highest BCUT2D eigenvalue weighted by Crippen LogP contribution is 2.14. The molecule has 90 valence electrons. The van der Waals surface area contributed by atoms with Crippen LogP contribution in [0.3, 0.4) is 0 Å². The largest absolute Gasteiger partial charge is 0.469 e. The van der Waals surface area contributed by atoms with E-state index in [0.717, 1.165) is 25.3 Å².